The van der Waals surface area contributed by atoms with Crippen molar-refractivity contribution in [3.05, 3.63) is 67.8 Å². The molecule has 0 radical (unpaired) electrons. The predicted octanol–water partition coefficient (Wildman–Crippen LogP) is 4.63. The number of carbonyl (C=O) groups is 3. The molecule has 1 spiro atoms. The number of aliphatic hydroxyl groups is 1. The van der Waals surface area contributed by atoms with Crippen LogP contribution in [0.25, 0.3) is 10.8 Å². The molecular formula is C32H38BrN3O4S. The molecule has 5 rings (SSSR count). The summed E-state index contributed by atoms with van der Waals surface area (Å²) in [4.78, 5) is 48.2. The minimum atomic E-state index is -0.833. The first-order chi connectivity index (χ1) is 19.7. The molecule has 41 heavy (non-hydrogen) atoms. The summed E-state index contributed by atoms with van der Waals surface area (Å²) in [6.07, 6.45) is 4.79. The summed E-state index contributed by atoms with van der Waals surface area (Å²) in [6.45, 7) is 12.5. The van der Waals surface area contributed by atoms with Crippen molar-refractivity contribution < 1.29 is 19.5 Å². The van der Waals surface area contributed by atoms with Crippen LogP contribution in [0.1, 0.15) is 26.7 Å². The molecule has 3 saturated heterocycles. The Hall–Kier alpha value is -2.62. The molecule has 3 heterocycles. The number of benzene rings is 2. The van der Waals surface area contributed by atoms with Crippen LogP contribution in [-0.2, 0) is 14.4 Å². The fourth-order valence-electron chi connectivity index (χ4n) is 7.06. The zero-order chi connectivity index (χ0) is 29.5. The lowest BCUT2D eigenvalue weighted by Crippen LogP contribution is -2.57. The van der Waals surface area contributed by atoms with E-state index in [1.807, 2.05) is 49.4 Å². The highest BCUT2D eigenvalue weighted by atomic mass is 79.9. The first kappa shape index (κ1) is 29.9. The van der Waals surface area contributed by atoms with Crippen molar-refractivity contribution in [2.24, 2.45) is 11.8 Å². The van der Waals surface area contributed by atoms with Gasteiger partial charge in [-0.2, -0.15) is 0 Å². The molecule has 0 aromatic heterocycles. The van der Waals surface area contributed by atoms with Crippen LogP contribution in [0.3, 0.4) is 0 Å². The van der Waals surface area contributed by atoms with Crippen LogP contribution in [0.2, 0.25) is 0 Å². The van der Waals surface area contributed by atoms with E-state index in [0.717, 1.165) is 22.9 Å². The van der Waals surface area contributed by atoms with Gasteiger partial charge in [0, 0.05) is 35.4 Å². The summed E-state index contributed by atoms with van der Waals surface area (Å²) in [5, 5.41) is 12.2. The number of fused-ring (bicyclic) bond motifs is 2. The van der Waals surface area contributed by atoms with E-state index in [4.69, 9.17) is 0 Å². The van der Waals surface area contributed by atoms with Crippen molar-refractivity contribution in [1.82, 2.24) is 9.80 Å². The molecule has 218 valence electrons. The van der Waals surface area contributed by atoms with Crippen molar-refractivity contribution >= 4 is 61.9 Å². The lowest BCUT2D eigenvalue weighted by Gasteiger charge is -2.39. The molecule has 9 heteroatoms. The van der Waals surface area contributed by atoms with E-state index >= 15 is 0 Å². The van der Waals surface area contributed by atoms with Gasteiger partial charge in [0.2, 0.25) is 11.8 Å². The second-order valence-corrected chi connectivity index (χ2v) is 14.0. The highest BCUT2D eigenvalue weighted by Crippen LogP contribution is 2.68. The van der Waals surface area contributed by atoms with Crippen LogP contribution < -0.4 is 4.90 Å². The maximum absolute atomic E-state index is 14.8. The van der Waals surface area contributed by atoms with E-state index in [2.05, 4.69) is 29.1 Å². The van der Waals surface area contributed by atoms with Gasteiger partial charge in [-0.15, -0.1) is 24.9 Å². The fraction of sp³-hybridized carbons (Fsp3) is 0.469. The second-order valence-electron chi connectivity index (χ2n) is 11.3. The second kappa shape index (κ2) is 11.9. The Labute approximate surface area is 254 Å². The lowest BCUT2D eigenvalue weighted by molar-refractivity contribution is -0.145. The summed E-state index contributed by atoms with van der Waals surface area (Å²) in [6, 6.07) is 12.5. The summed E-state index contributed by atoms with van der Waals surface area (Å²) < 4.78 is -0.793. The van der Waals surface area contributed by atoms with Gasteiger partial charge in [-0.25, -0.2) is 0 Å². The van der Waals surface area contributed by atoms with Gasteiger partial charge in [0.15, 0.2) is 0 Å². The predicted molar refractivity (Wildman–Crippen MR) is 169 cm³/mol. The summed E-state index contributed by atoms with van der Waals surface area (Å²) in [5.41, 5.74) is 0.721. The number of anilines is 1. The molecule has 3 aliphatic rings. The molecule has 2 bridgehead atoms. The number of carbonyl (C=O) groups excluding carboxylic acids is 3. The average molecular weight is 641 g/mol. The Morgan fingerprint density at radius 2 is 1.88 bits per heavy atom. The molecule has 0 saturated carbocycles. The molecular weight excluding hydrogens is 602 g/mol. The van der Waals surface area contributed by atoms with E-state index < -0.39 is 28.7 Å². The summed E-state index contributed by atoms with van der Waals surface area (Å²) >= 11 is 5.46. The molecule has 3 unspecified atom stereocenters. The molecule has 1 N–H and O–H groups in total. The Balaban J connectivity index is 1.60. The largest absolute Gasteiger partial charge is 0.394 e. The molecule has 7 nitrogen and oxygen atoms in total. The minimum Gasteiger partial charge on any atom is -0.394 e. The third-order valence-electron chi connectivity index (χ3n) is 8.76. The average Bonchev–Trinajstić information content (AvgIpc) is 3.57. The van der Waals surface area contributed by atoms with Crippen LogP contribution in [0, 0.1) is 11.8 Å². The standard InChI is InChI=1S/C32H38BrN3O4S/c1-5-14-34(15-6-2)29(38)25-26-30(39)36(20(4)19-37)28(32(26)18-24(33)27(25)41-32)31(40)35(16-7-3)23-13-12-21-10-8-9-11-22(21)17-23/h5,7-13,17,20,24-28,37H,1,3,6,14-16,18-19H2,2,4H3/t20-,24?,25-,26+,27-,28?,32?/m1/s1. The number of alkyl halides is 1. The third-order valence-corrected chi connectivity index (χ3v) is 12.0. The number of thioether (sulfide) groups is 1. The molecule has 2 aromatic rings. The first-order valence-corrected chi connectivity index (χ1v) is 16.1. The highest BCUT2D eigenvalue weighted by molar-refractivity contribution is 9.09. The van der Waals surface area contributed by atoms with E-state index in [-0.39, 0.29) is 41.0 Å². The lowest BCUT2D eigenvalue weighted by atomic mass is 9.70. The van der Waals surface area contributed by atoms with Crippen LogP contribution in [0.5, 0.6) is 0 Å². The normalized spacial score (nSPS) is 28.9. The maximum Gasteiger partial charge on any atom is 0.251 e. The number of nitrogens with zero attached hydrogens (tertiary/aromatic N) is 3. The van der Waals surface area contributed by atoms with Crippen molar-refractivity contribution in [2.45, 2.75) is 53.6 Å². The highest BCUT2D eigenvalue weighted by Gasteiger charge is 2.76. The quantitative estimate of drug-likeness (QED) is 0.286. The zero-order valence-corrected chi connectivity index (χ0v) is 26.0. The first-order valence-electron chi connectivity index (χ1n) is 14.3. The van der Waals surface area contributed by atoms with Crippen LogP contribution in [0.4, 0.5) is 5.69 Å². The molecule has 0 aliphatic carbocycles. The summed E-state index contributed by atoms with van der Waals surface area (Å²) in [5.74, 6) is -1.70. The summed E-state index contributed by atoms with van der Waals surface area (Å²) in [7, 11) is 0. The molecule has 2 aromatic carbocycles. The Morgan fingerprint density at radius 3 is 2.54 bits per heavy atom. The maximum atomic E-state index is 14.8. The number of rotatable bonds is 11. The number of aliphatic hydroxyl groups excluding tert-OH is 1. The van der Waals surface area contributed by atoms with Crippen molar-refractivity contribution in [1.29, 1.82) is 0 Å². The zero-order valence-electron chi connectivity index (χ0n) is 23.6. The number of halogens is 1. The number of likely N-dealkylation sites (tertiary alicyclic amines) is 1. The van der Waals surface area contributed by atoms with Gasteiger partial charge < -0.3 is 19.8 Å². The SMILES string of the molecule is C=CCN(CCC)C(=O)[C@H]1[C@@H]2SC3(CC2Br)C(C(=O)N(CC=C)c2ccc4ccccc4c2)N([C@H](C)CO)C(=O)[C@H]13. The van der Waals surface area contributed by atoms with Gasteiger partial charge in [-0.3, -0.25) is 14.4 Å². The van der Waals surface area contributed by atoms with Gasteiger partial charge in [0.05, 0.1) is 29.2 Å². The third kappa shape index (κ3) is 4.83. The Bertz CT molecular complexity index is 1370. The van der Waals surface area contributed by atoms with Crippen LogP contribution in [-0.4, -0.2) is 85.8 Å². The van der Waals surface area contributed by atoms with Crippen molar-refractivity contribution in [3.8, 4) is 0 Å². The van der Waals surface area contributed by atoms with E-state index in [1.165, 1.54) is 0 Å². The van der Waals surface area contributed by atoms with Gasteiger partial charge in [-0.1, -0.05) is 65.3 Å². The Morgan fingerprint density at radius 1 is 1.17 bits per heavy atom. The number of hydrogen-bond donors (Lipinski definition) is 1. The van der Waals surface area contributed by atoms with Crippen LogP contribution in [0.15, 0.2) is 67.8 Å². The van der Waals surface area contributed by atoms with Crippen molar-refractivity contribution in [3.63, 3.8) is 0 Å². The van der Waals surface area contributed by atoms with Gasteiger partial charge in [0.1, 0.15) is 6.04 Å². The minimum absolute atomic E-state index is 0.0223. The topological polar surface area (TPSA) is 81.2 Å². The molecule has 3 aliphatic heterocycles. The van der Waals surface area contributed by atoms with Gasteiger partial charge in [-0.05, 0) is 42.7 Å². The number of amides is 3. The smallest absolute Gasteiger partial charge is 0.251 e. The molecule has 7 atom stereocenters. The van der Waals surface area contributed by atoms with Gasteiger partial charge in [0.25, 0.3) is 5.91 Å². The van der Waals surface area contributed by atoms with E-state index in [1.54, 1.807) is 45.5 Å². The molecule has 3 amide bonds. The molecule has 3 fully saturated rings. The van der Waals surface area contributed by atoms with Gasteiger partial charge >= 0.3 is 0 Å². The van der Waals surface area contributed by atoms with E-state index in [0.29, 0.717) is 19.5 Å². The van der Waals surface area contributed by atoms with Crippen molar-refractivity contribution in [2.75, 3.05) is 31.1 Å². The van der Waals surface area contributed by atoms with Crippen LogP contribution >= 0.6 is 27.7 Å². The van der Waals surface area contributed by atoms with E-state index in [9.17, 15) is 19.5 Å². The Kier molecular flexibility index (Phi) is 8.69. The fourth-order valence-corrected chi connectivity index (χ4v) is 10.6. The number of hydrogen-bond acceptors (Lipinski definition) is 5. The monoisotopic (exact) mass is 639 g/mol.